The number of rotatable bonds is 4. The molecule has 3 nitrogen and oxygen atoms in total. The molecule has 0 amide bonds. The Balaban J connectivity index is 2.71. The highest BCUT2D eigenvalue weighted by molar-refractivity contribution is 7.88. The Labute approximate surface area is 103 Å². The molecule has 90 valence electrons. The van der Waals surface area contributed by atoms with Gasteiger partial charge in [-0.15, -0.1) is 6.58 Å². The van der Waals surface area contributed by atoms with Crippen molar-refractivity contribution in [2.75, 3.05) is 19.3 Å². The zero-order chi connectivity index (χ0) is 12.7. The Bertz CT molecular complexity index is 524. The van der Waals surface area contributed by atoms with E-state index in [0.29, 0.717) is 0 Å². The Morgan fingerprint density at radius 3 is 2.53 bits per heavy atom. The SMILES string of the molecule is C=CCN(CC#Cc1ccccc1)S(C)(=O)=O. The molecule has 0 heterocycles. The Hall–Kier alpha value is -1.57. The third kappa shape index (κ3) is 4.85. The lowest BCUT2D eigenvalue weighted by Gasteiger charge is -2.14. The van der Waals surface area contributed by atoms with Crippen molar-refractivity contribution in [3.63, 3.8) is 0 Å². The van der Waals surface area contributed by atoms with Crippen LogP contribution >= 0.6 is 0 Å². The van der Waals surface area contributed by atoms with Crippen LogP contribution in [0.5, 0.6) is 0 Å². The summed E-state index contributed by atoms with van der Waals surface area (Å²) < 4.78 is 24.0. The van der Waals surface area contributed by atoms with Crippen LogP contribution in [0.2, 0.25) is 0 Å². The predicted octanol–water partition coefficient (Wildman–Crippen LogP) is 1.49. The van der Waals surface area contributed by atoms with E-state index >= 15 is 0 Å². The molecule has 0 bridgehead atoms. The van der Waals surface area contributed by atoms with Crippen molar-refractivity contribution in [1.82, 2.24) is 4.31 Å². The molecule has 0 spiro atoms. The molecule has 0 saturated heterocycles. The summed E-state index contributed by atoms with van der Waals surface area (Å²) in [7, 11) is -3.22. The Morgan fingerprint density at radius 1 is 1.35 bits per heavy atom. The minimum absolute atomic E-state index is 0.180. The lowest BCUT2D eigenvalue weighted by atomic mass is 10.2. The molecule has 1 aromatic carbocycles. The molecule has 1 rings (SSSR count). The predicted molar refractivity (Wildman–Crippen MR) is 69.9 cm³/mol. The Morgan fingerprint density at radius 2 is 2.00 bits per heavy atom. The standard InChI is InChI=1S/C13H15NO2S/c1-3-11-14(17(2,15)16)12-7-10-13-8-5-4-6-9-13/h3-6,8-9H,1,11-12H2,2H3. The van der Waals surface area contributed by atoms with Crippen LogP contribution in [-0.4, -0.2) is 32.1 Å². The van der Waals surface area contributed by atoms with Crippen LogP contribution in [0, 0.1) is 11.8 Å². The lowest BCUT2D eigenvalue weighted by Crippen LogP contribution is -2.30. The van der Waals surface area contributed by atoms with Gasteiger partial charge in [-0.25, -0.2) is 8.42 Å². The van der Waals surface area contributed by atoms with Gasteiger partial charge >= 0.3 is 0 Å². The number of hydrogen-bond donors (Lipinski definition) is 0. The largest absolute Gasteiger partial charge is 0.212 e. The van der Waals surface area contributed by atoms with Gasteiger partial charge in [0.15, 0.2) is 0 Å². The summed E-state index contributed by atoms with van der Waals surface area (Å²) in [5.41, 5.74) is 0.875. The van der Waals surface area contributed by atoms with Gasteiger partial charge in [0.1, 0.15) is 0 Å². The molecule has 0 atom stereocenters. The molecule has 0 radical (unpaired) electrons. The van der Waals surface area contributed by atoms with E-state index in [0.717, 1.165) is 5.56 Å². The monoisotopic (exact) mass is 249 g/mol. The summed E-state index contributed by atoms with van der Waals surface area (Å²) in [5.74, 6) is 5.76. The van der Waals surface area contributed by atoms with Crippen LogP contribution in [0.15, 0.2) is 43.0 Å². The zero-order valence-electron chi connectivity index (χ0n) is 9.76. The summed E-state index contributed by atoms with van der Waals surface area (Å²) in [5, 5.41) is 0. The average molecular weight is 249 g/mol. The highest BCUT2D eigenvalue weighted by Crippen LogP contribution is 1.98. The van der Waals surface area contributed by atoms with Crippen LogP contribution in [0.4, 0.5) is 0 Å². The van der Waals surface area contributed by atoms with Crippen LogP contribution in [-0.2, 0) is 10.0 Å². The summed E-state index contributed by atoms with van der Waals surface area (Å²) in [6.07, 6.45) is 2.71. The molecule has 0 fully saturated rings. The van der Waals surface area contributed by atoms with Crippen molar-refractivity contribution < 1.29 is 8.42 Å². The van der Waals surface area contributed by atoms with Crippen molar-refractivity contribution in [3.8, 4) is 11.8 Å². The molecule has 0 aliphatic rings. The van der Waals surface area contributed by atoms with Crippen LogP contribution in [0.3, 0.4) is 0 Å². The number of nitrogens with zero attached hydrogens (tertiary/aromatic N) is 1. The summed E-state index contributed by atoms with van der Waals surface area (Å²) in [6.45, 7) is 3.99. The molecular weight excluding hydrogens is 234 g/mol. The van der Waals surface area contributed by atoms with E-state index in [9.17, 15) is 8.42 Å². The van der Waals surface area contributed by atoms with Gasteiger partial charge in [0.2, 0.25) is 10.0 Å². The second-order valence-electron chi connectivity index (χ2n) is 3.51. The molecule has 0 unspecified atom stereocenters. The van der Waals surface area contributed by atoms with E-state index in [4.69, 9.17) is 0 Å². The van der Waals surface area contributed by atoms with Gasteiger partial charge in [0, 0.05) is 12.1 Å². The molecule has 0 N–H and O–H groups in total. The number of hydrogen-bond acceptors (Lipinski definition) is 2. The zero-order valence-corrected chi connectivity index (χ0v) is 10.6. The van der Waals surface area contributed by atoms with E-state index in [1.807, 2.05) is 30.3 Å². The first-order chi connectivity index (χ1) is 8.04. The van der Waals surface area contributed by atoms with Crippen molar-refractivity contribution in [3.05, 3.63) is 48.6 Å². The minimum Gasteiger partial charge on any atom is -0.212 e. The van der Waals surface area contributed by atoms with Crippen molar-refractivity contribution in [1.29, 1.82) is 0 Å². The first kappa shape index (κ1) is 13.5. The van der Waals surface area contributed by atoms with E-state index in [-0.39, 0.29) is 13.1 Å². The quantitative estimate of drug-likeness (QED) is 0.599. The van der Waals surface area contributed by atoms with E-state index in [1.54, 1.807) is 6.08 Å². The van der Waals surface area contributed by atoms with Gasteiger partial charge < -0.3 is 0 Å². The minimum atomic E-state index is -3.22. The summed E-state index contributed by atoms with van der Waals surface area (Å²) >= 11 is 0. The van der Waals surface area contributed by atoms with Crippen molar-refractivity contribution >= 4 is 10.0 Å². The fourth-order valence-corrected chi connectivity index (χ4v) is 1.89. The van der Waals surface area contributed by atoms with E-state index in [2.05, 4.69) is 18.4 Å². The van der Waals surface area contributed by atoms with E-state index in [1.165, 1.54) is 10.6 Å². The highest BCUT2D eigenvalue weighted by atomic mass is 32.2. The maximum absolute atomic E-state index is 11.4. The molecule has 4 heteroatoms. The highest BCUT2D eigenvalue weighted by Gasteiger charge is 2.12. The van der Waals surface area contributed by atoms with Crippen LogP contribution in [0.25, 0.3) is 0 Å². The van der Waals surface area contributed by atoms with Crippen molar-refractivity contribution in [2.45, 2.75) is 0 Å². The topological polar surface area (TPSA) is 37.4 Å². The number of benzene rings is 1. The second kappa shape index (κ2) is 6.24. The van der Waals surface area contributed by atoms with Gasteiger partial charge in [0.05, 0.1) is 12.8 Å². The molecule has 1 aromatic rings. The van der Waals surface area contributed by atoms with Gasteiger partial charge in [-0.2, -0.15) is 4.31 Å². The Kier molecular flexibility index (Phi) is 4.95. The fraction of sp³-hybridized carbons (Fsp3) is 0.231. The second-order valence-corrected chi connectivity index (χ2v) is 5.49. The molecule has 0 aliphatic carbocycles. The van der Waals surface area contributed by atoms with Gasteiger partial charge in [-0.1, -0.05) is 36.1 Å². The fourth-order valence-electron chi connectivity index (χ4n) is 1.21. The summed E-state index contributed by atoms with van der Waals surface area (Å²) in [6, 6.07) is 9.45. The van der Waals surface area contributed by atoms with Crippen molar-refractivity contribution in [2.24, 2.45) is 0 Å². The van der Waals surface area contributed by atoms with Gasteiger partial charge in [0.25, 0.3) is 0 Å². The molecular formula is C13H15NO2S. The maximum atomic E-state index is 11.4. The third-order valence-corrected chi connectivity index (χ3v) is 3.28. The molecule has 0 aliphatic heterocycles. The first-order valence-electron chi connectivity index (χ1n) is 5.14. The third-order valence-electron chi connectivity index (χ3n) is 2.06. The average Bonchev–Trinajstić information content (AvgIpc) is 2.28. The molecule has 17 heavy (non-hydrogen) atoms. The van der Waals surface area contributed by atoms with E-state index < -0.39 is 10.0 Å². The summed E-state index contributed by atoms with van der Waals surface area (Å²) in [4.78, 5) is 0. The van der Waals surface area contributed by atoms with Crippen LogP contribution < -0.4 is 0 Å². The normalized spacial score (nSPS) is 10.7. The molecule has 0 saturated carbocycles. The maximum Gasteiger partial charge on any atom is 0.212 e. The molecule has 0 aromatic heterocycles. The van der Waals surface area contributed by atoms with Gasteiger partial charge in [-0.05, 0) is 12.1 Å². The van der Waals surface area contributed by atoms with Gasteiger partial charge in [-0.3, -0.25) is 0 Å². The van der Waals surface area contributed by atoms with Crippen LogP contribution in [0.1, 0.15) is 5.56 Å². The lowest BCUT2D eigenvalue weighted by molar-refractivity contribution is 0.484. The smallest absolute Gasteiger partial charge is 0.212 e. The number of sulfonamides is 1. The first-order valence-corrected chi connectivity index (χ1v) is 6.99.